The number of carbonyl (C=O) groups is 1. The van der Waals surface area contributed by atoms with Crippen LogP contribution in [0.4, 0.5) is 0 Å². The van der Waals surface area contributed by atoms with Crippen molar-refractivity contribution in [1.29, 1.82) is 0 Å². The lowest BCUT2D eigenvalue weighted by Crippen LogP contribution is -2.50. The van der Waals surface area contributed by atoms with E-state index in [-0.39, 0.29) is 47.6 Å². The molecule has 0 bridgehead atoms. The first-order valence-corrected chi connectivity index (χ1v) is 13.9. The smallest absolute Gasteiger partial charge is 0.270 e. The van der Waals surface area contributed by atoms with Gasteiger partial charge in [0.15, 0.2) is 0 Å². The second kappa shape index (κ2) is 8.94. The van der Waals surface area contributed by atoms with Crippen LogP contribution in [0, 0.1) is 0 Å². The summed E-state index contributed by atoms with van der Waals surface area (Å²) in [5.41, 5.74) is 0.185. The van der Waals surface area contributed by atoms with Gasteiger partial charge in [-0.05, 0) is 18.2 Å². The summed E-state index contributed by atoms with van der Waals surface area (Å²) in [5, 5.41) is 0. The number of piperazine rings is 1. The van der Waals surface area contributed by atoms with Gasteiger partial charge >= 0.3 is 0 Å². The van der Waals surface area contributed by atoms with Crippen molar-refractivity contribution < 1.29 is 21.6 Å². The predicted molar refractivity (Wildman–Crippen MR) is 118 cm³/mol. The number of nitrogens with one attached hydrogen (secondary N) is 1. The highest BCUT2D eigenvalue weighted by atomic mass is 32.2. The van der Waals surface area contributed by atoms with Crippen LogP contribution in [0.25, 0.3) is 0 Å². The number of aromatic amines is 1. The van der Waals surface area contributed by atoms with Gasteiger partial charge < -0.3 is 9.88 Å². The van der Waals surface area contributed by atoms with Crippen LogP contribution in [-0.4, -0.2) is 92.0 Å². The van der Waals surface area contributed by atoms with E-state index in [1.165, 1.54) is 25.8 Å². The first kappa shape index (κ1) is 22.3. The van der Waals surface area contributed by atoms with Gasteiger partial charge in [-0.1, -0.05) is 18.2 Å². The summed E-state index contributed by atoms with van der Waals surface area (Å²) in [5.74, 6) is 1.17. The lowest BCUT2D eigenvalue weighted by atomic mass is 10.3. The van der Waals surface area contributed by atoms with Crippen LogP contribution >= 0.6 is 11.8 Å². The maximum Gasteiger partial charge on any atom is 0.270 e. The summed E-state index contributed by atoms with van der Waals surface area (Å²) < 4.78 is 53.9. The van der Waals surface area contributed by atoms with Gasteiger partial charge in [-0.15, -0.1) is 0 Å². The lowest BCUT2D eigenvalue weighted by molar-refractivity contribution is 0.0692. The molecule has 1 aromatic carbocycles. The summed E-state index contributed by atoms with van der Waals surface area (Å²) in [6.45, 7) is 1.74. The van der Waals surface area contributed by atoms with Crippen molar-refractivity contribution in [2.45, 2.75) is 9.79 Å². The van der Waals surface area contributed by atoms with Gasteiger partial charge in [0.1, 0.15) is 10.6 Å². The third-order valence-electron chi connectivity index (χ3n) is 5.40. The van der Waals surface area contributed by atoms with Crippen LogP contribution in [-0.2, 0) is 20.0 Å². The molecule has 9 nitrogen and oxygen atoms in total. The molecular weight excluding hydrogens is 460 g/mol. The quantitative estimate of drug-likeness (QED) is 0.675. The van der Waals surface area contributed by atoms with Crippen LogP contribution in [0.1, 0.15) is 10.5 Å². The molecule has 0 radical (unpaired) electrons. The van der Waals surface area contributed by atoms with Gasteiger partial charge in [0.05, 0.1) is 4.90 Å². The summed E-state index contributed by atoms with van der Waals surface area (Å²) >= 11 is 1.72. The van der Waals surface area contributed by atoms with E-state index < -0.39 is 20.0 Å². The Hall–Kier alpha value is -1.86. The van der Waals surface area contributed by atoms with Gasteiger partial charge in [0.2, 0.25) is 20.0 Å². The molecule has 2 aliphatic rings. The van der Waals surface area contributed by atoms with Gasteiger partial charge in [0.25, 0.3) is 5.91 Å². The van der Waals surface area contributed by atoms with Crippen molar-refractivity contribution >= 4 is 37.7 Å². The van der Waals surface area contributed by atoms with Crippen LogP contribution in [0.5, 0.6) is 0 Å². The fourth-order valence-corrected chi connectivity index (χ4v) is 7.64. The second-order valence-electron chi connectivity index (χ2n) is 7.27. The SMILES string of the molecule is O=C(c1cc(S(=O)(=O)N2CCSCC2)c[nH]1)N1CCN(S(=O)(=O)c2ccccc2)CC1. The van der Waals surface area contributed by atoms with Crippen LogP contribution in [0.3, 0.4) is 0 Å². The molecule has 168 valence electrons. The third-order valence-corrected chi connectivity index (χ3v) is 10.1. The Morgan fingerprint density at radius 2 is 1.39 bits per heavy atom. The van der Waals surface area contributed by atoms with Crippen molar-refractivity contribution in [2.75, 3.05) is 50.8 Å². The normalized spacial score (nSPS) is 19.4. The van der Waals surface area contributed by atoms with Crippen LogP contribution in [0.15, 0.2) is 52.4 Å². The van der Waals surface area contributed by atoms with Crippen molar-refractivity contribution in [3.05, 3.63) is 48.3 Å². The van der Waals surface area contributed by atoms with Gasteiger partial charge in [0, 0.05) is 57.0 Å². The summed E-state index contributed by atoms with van der Waals surface area (Å²) in [7, 11) is -7.24. The van der Waals surface area contributed by atoms with E-state index in [0.29, 0.717) is 13.1 Å². The Kier molecular flexibility index (Phi) is 6.44. The lowest BCUT2D eigenvalue weighted by Gasteiger charge is -2.33. The molecule has 12 heteroatoms. The number of amides is 1. The van der Waals surface area contributed by atoms with E-state index in [1.807, 2.05) is 0 Å². The maximum absolute atomic E-state index is 12.9. The van der Waals surface area contributed by atoms with Crippen molar-refractivity contribution in [3.63, 3.8) is 0 Å². The number of thioether (sulfide) groups is 1. The fraction of sp³-hybridized carbons (Fsp3) is 0.421. The topological polar surface area (TPSA) is 111 Å². The molecule has 2 fully saturated rings. The van der Waals surface area contributed by atoms with E-state index in [1.54, 1.807) is 42.1 Å². The minimum absolute atomic E-state index is 0.0769. The second-order valence-corrected chi connectivity index (χ2v) is 12.4. The summed E-state index contributed by atoms with van der Waals surface area (Å²) in [4.78, 5) is 17.5. The van der Waals surface area contributed by atoms with E-state index >= 15 is 0 Å². The zero-order valence-corrected chi connectivity index (χ0v) is 19.3. The molecule has 2 aromatic rings. The Bertz CT molecular complexity index is 1130. The maximum atomic E-state index is 12.9. The van der Waals surface area contributed by atoms with Crippen molar-refractivity contribution in [2.24, 2.45) is 0 Å². The molecule has 1 N–H and O–H groups in total. The number of hydrogen-bond acceptors (Lipinski definition) is 6. The molecule has 2 aliphatic heterocycles. The number of benzene rings is 1. The molecule has 3 heterocycles. The first-order valence-electron chi connectivity index (χ1n) is 9.91. The third kappa shape index (κ3) is 4.53. The van der Waals surface area contributed by atoms with E-state index in [4.69, 9.17) is 0 Å². The minimum Gasteiger partial charge on any atom is -0.356 e. The Balaban J connectivity index is 1.42. The average molecular weight is 485 g/mol. The molecule has 2 saturated heterocycles. The van der Waals surface area contributed by atoms with Gasteiger partial charge in [-0.25, -0.2) is 16.8 Å². The largest absolute Gasteiger partial charge is 0.356 e. The van der Waals surface area contributed by atoms with Crippen LogP contribution < -0.4 is 0 Å². The first-order chi connectivity index (χ1) is 14.8. The highest BCUT2D eigenvalue weighted by molar-refractivity contribution is 7.99. The van der Waals surface area contributed by atoms with E-state index in [0.717, 1.165) is 11.5 Å². The van der Waals surface area contributed by atoms with Crippen LogP contribution in [0.2, 0.25) is 0 Å². The number of aromatic nitrogens is 1. The van der Waals surface area contributed by atoms with E-state index in [2.05, 4.69) is 4.98 Å². The van der Waals surface area contributed by atoms with Gasteiger partial charge in [-0.3, -0.25) is 4.79 Å². The molecule has 0 aliphatic carbocycles. The Morgan fingerprint density at radius 1 is 0.806 bits per heavy atom. The number of nitrogens with zero attached hydrogens (tertiary/aromatic N) is 3. The molecular formula is C19H24N4O5S3. The number of hydrogen-bond donors (Lipinski definition) is 1. The highest BCUT2D eigenvalue weighted by Crippen LogP contribution is 2.22. The molecule has 4 rings (SSSR count). The standard InChI is InChI=1S/C19H24N4O5S3/c24-19(18-14-17(15-20-18)31(27,28)23-10-12-29-13-11-23)21-6-8-22(9-7-21)30(25,26)16-4-2-1-3-5-16/h1-5,14-15,20H,6-13H2. The van der Waals surface area contributed by atoms with Crippen molar-refractivity contribution in [3.8, 4) is 0 Å². The zero-order valence-electron chi connectivity index (χ0n) is 16.8. The number of sulfonamides is 2. The molecule has 1 amide bonds. The zero-order chi connectivity index (χ0) is 22.1. The number of carbonyl (C=O) groups excluding carboxylic acids is 1. The monoisotopic (exact) mass is 484 g/mol. The van der Waals surface area contributed by atoms with E-state index in [9.17, 15) is 21.6 Å². The van der Waals surface area contributed by atoms with Crippen molar-refractivity contribution in [1.82, 2.24) is 18.5 Å². The minimum atomic E-state index is -3.63. The molecule has 0 unspecified atom stereocenters. The Labute approximate surface area is 186 Å². The molecule has 0 saturated carbocycles. The molecule has 31 heavy (non-hydrogen) atoms. The van der Waals surface area contributed by atoms with Gasteiger partial charge in [-0.2, -0.15) is 20.4 Å². The molecule has 0 atom stereocenters. The highest BCUT2D eigenvalue weighted by Gasteiger charge is 2.32. The number of rotatable bonds is 5. The fourth-order valence-electron chi connectivity index (χ4n) is 3.63. The number of H-pyrrole nitrogens is 1. The average Bonchev–Trinajstić information content (AvgIpc) is 3.31. The Morgan fingerprint density at radius 3 is 2.03 bits per heavy atom. The summed E-state index contributed by atoms with van der Waals surface area (Å²) in [6, 6.07) is 9.57. The molecule has 0 spiro atoms. The predicted octanol–water partition coefficient (Wildman–Crippen LogP) is 0.899. The molecule has 1 aromatic heterocycles. The summed E-state index contributed by atoms with van der Waals surface area (Å²) in [6.07, 6.45) is 1.35.